The Bertz CT molecular complexity index is 1070. The van der Waals surface area contributed by atoms with E-state index in [-0.39, 0.29) is 17.8 Å². The van der Waals surface area contributed by atoms with E-state index in [0.29, 0.717) is 26.8 Å². The van der Waals surface area contributed by atoms with E-state index < -0.39 is 0 Å². The summed E-state index contributed by atoms with van der Waals surface area (Å²) in [5, 5.41) is 12.9. The summed E-state index contributed by atoms with van der Waals surface area (Å²) in [6, 6.07) is 11.0. The van der Waals surface area contributed by atoms with Gasteiger partial charge in [0.15, 0.2) is 17.1 Å². The van der Waals surface area contributed by atoms with Gasteiger partial charge >= 0.3 is 0 Å². The van der Waals surface area contributed by atoms with Gasteiger partial charge in [0.2, 0.25) is 5.91 Å². The molecular weight excluding hydrogens is 443 g/mol. The summed E-state index contributed by atoms with van der Waals surface area (Å²) in [7, 11) is 1.84. The molecule has 0 saturated heterocycles. The number of anilines is 1. The number of nitrogens with zero attached hydrogens (tertiary/aromatic N) is 3. The van der Waals surface area contributed by atoms with Gasteiger partial charge in [-0.25, -0.2) is 0 Å². The van der Waals surface area contributed by atoms with Crippen LogP contribution in [0.5, 0.6) is 5.75 Å². The predicted molar refractivity (Wildman–Crippen MR) is 122 cm³/mol. The molecule has 0 saturated carbocycles. The third-order valence-corrected chi connectivity index (χ3v) is 5.98. The summed E-state index contributed by atoms with van der Waals surface area (Å²) in [6.07, 6.45) is -0.390. The van der Waals surface area contributed by atoms with Crippen molar-refractivity contribution in [2.45, 2.75) is 32.0 Å². The first-order valence-corrected chi connectivity index (χ1v) is 11.0. The Kier molecular flexibility index (Phi) is 7.28. The molecule has 3 aromatic rings. The standard InChI is InChI=1S/C21H22Cl2N4O2S/c1-12-5-6-13(2)17(9-12)24-19(28)11-30-21-26-25-20(27(21)4)14(3)29-18-8-7-15(22)10-16(18)23/h5-10,14H,11H2,1-4H3,(H,24,28). The van der Waals surface area contributed by atoms with Gasteiger partial charge in [-0.15, -0.1) is 10.2 Å². The largest absolute Gasteiger partial charge is 0.481 e. The van der Waals surface area contributed by atoms with E-state index in [1.807, 2.05) is 50.6 Å². The highest BCUT2D eigenvalue weighted by atomic mass is 35.5. The topological polar surface area (TPSA) is 69.0 Å². The number of benzene rings is 2. The van der Waals surface area contributed by atoms with Crippen molar-refractivity contribution in [1.82, 2.24) is 14.8 Å². The van der Waals surface area contributed by atoms with Gasteiger partial charge in [-0.2, -0.15) is 0 Å². The van der Waals surface area contributed by atoms with Crippen molar-refractivity contribution >= 4 is 46.6 Å². The molecule has 1 aromatic heterocycles. The lowest BCUT2D eigenvalue weighted by atomic mass is 10.1. The van der Waals surface area contributed by atoms with Crippen LogP contribution in [-0.2, 0) is 11.8 Å². The van der Waals surface area contributed by atoms with Crippen LogP contribution in [0.2, 0.25) is 10.0 Å². The van der Waals surface area contributed by atoms with E-state index >= 15 is 0 Å². The van der Waals surface area contributed by atoms with Gasteiger partial charge in [-0.05, 0) is 56.2 Å². The summed E-state index contributed by atoms with van der Waals surface area (Å²) in [4.78, 5) is 12.4. The van der Waals surface area contributed by atoms with E-state index in [0.717, 1.165) is 16.8 Å². The second kappa shape index (κ2) is 9.73. The Balaban J connectivity index is 1.62. The van der Waals surface area contributed by atoms with Gasteiger partial charge in [0.25, 0.3) is 0 Å². The van der Waals surface area contributed by atoms with E-state index in [1.165, 1.54) is 11.8 Å². The van der Waals surface area contributed by atoms with Crippen LogP contribution in [0.3, 0.4) is 0 Å². The van der Waals surface area contributed by atoms with Crippen molar-refractivity contribution in [3.8, 4) is 5.75 Å². The van der Waals surface area contributed by atoms with Crippen LogP contribution < -0.4 is 10.1 Å². The molecular formula is C21H22Cl2N4O2S. The van der Waals surface area contributed by atoms with E-state index in [4.69, 9.17) is 27.9 Å². The lowest BCUT2D eigenvalue weighted by Crippen LogP contribution is -2.15. The zero-order valence-corrected chi connectivity index (χ0v) is 19.4. The summed E-state index contributed by atoms with van der Waals surface area (Å²) >= 11 is 13.4. The molecule has 2 aromatic carbocycles. The fraction of sp³-hybridized carbons (Fsp3) is 0.286. The average molecular weight is 465 g/mol. The fourth-order valence-corrected chi connectivity index (χ4v) is 3.98. The van der Waals surface area contributed by atoms with Crippen LogP contribution in [0.1, 0.15) is 30.0 Å². The van der Waals surface area contributed by atoms with Gasteiger partial charge in [0.05, 0.1) is 10.8 Å². The highest BCUT2D eigenvalue weighted by molar-refractivity contribution is 7.99. The Labute approximate surface area is 189 Å². The van der Waals surface area contributed by atoms with Crippen LogP contribution in [0.15, 0.2) is 41.6 Å². The van der Waals surface area contributed by atoms with Gasteiger partial charge in [-0.3, -0.25) is 4.79 Å². The molecule has 30 heavy (non-hydrogen) atoms. The normalized spacial score (nSPS) is 11.9. The van der Waals surface area contributed by atoms with Crippen molar-refractivity contribution in [3.63, 3.8) is 0 Å². The molecule has 1 N–H and O–H groups in total. The first-order valence-electron chi connectivity index (χ1n) is 9.25. The summed E-state index contributed by atoms with van der Waals surface area (Å²) in [6.45, 7) is 5.81. The lowest BCUT2D eigenvalue weighted by molar-refractivity contribution is -0.113. The molecule has 0 bridgehead atoms. The van der Waals surface area contributed by atoms with Crippen LogP contribution in [0.25, 0.3) is 0 Å². The molecule has 158 valence electrons. The molecule has 1 atom stereocenters. The van der Waals surface area contributed by atoms with Crippen LogP contribution in [0.4, 0.5) is 5.69 Å². The number of thioether (sulfide) groups is 1. The Morgan fingerprint density at radius 3 is 2.70 bits per heavy atom. The summed E-state index contributed by atoms with van der Waals surface area (Å²) < 4.78 is 7.72. The number of hydrogen-bond donors (Lipinski definition) is 1. The minimum absolute atomic E-state index is 0.101. The molecule has 0 radical (unpaired) electrons. The second-order valence-electron chi connectivity index (χ2n) is 6.89. The number of carbonyl (C=O) groups excluding carboxylic acids is 1. The fourth-order valence-electron chi connectivity index (χ4n) is 2.81. The van der Waals surface area contributed by atoms with Crippen molar-refractivity contribution < 1.29 is 9.53 Å². The zero-order valence-electron chi connectivity index (χ0n) is 17.1. The van der Waals surface area contributed by atoms with Gasteiger partial charge < -0.3 is 14.6 Å². The first-order chi connectivity index (χ1) is 14.2. The minimum atomic E-state index is -0.390. The minimum Gasteiger partial charge on any atom is -0.481 e. The van der Waals surface area contributed by atoms with Crippen molar-refractivity contribution in [3.05, 3.63) is 63.4 Å². The molecule has 6 nitrogen and oxygen atoms in total. The second-order valence-corrected chi connectivity index (χ2v) is 8.68. The van der Waals surface area contributed by atoms with Crippen LogP contribution in [-0.4, -0.2) is 26.4 Å². The molecule has 0 aliphatic rings. The maximum Gasteiger partial charge on any atom is 0.234 e. The molecule has 0 aliphatic heterocycles. The average Bonchev–Trinajstić information content (AvgIpc) is 3.06. The smallest absolute Gasteiger partial charge is 0.234 e. The number of rotatable bonds is 7. The lowest BCUT2D eigenvalue weighted by Gasteiger charge is -2.15. The maximum atomic E-state index is 12.4. The molecule has 0 spiro atoms. The van der Waals surface area contributed by atoms with Gasteiger partial charge in [0, 0.05) is 17.8 Å². The van der Waals surface area contributed by atoms with Gasteiger partial charge in [0.1, 0.15) is 5.75 Å². The number of hydrogen-bond acceptors (Lipinski definition) is 5. The number of nitrogens with one attached hydrogen (secondary N) is 1. The number of aromatic nitrogens is 3. The van der Waals surface area contributed by atoms with Gasteiger partial charge in [-0.1, -0.05) is 47.1 Å². The number of aryl methyl sites for hydroxylation is 2. The molecule has 9 heteroatoms. The number of carbonyl (C=O) groups is 1. The highest BCUT2D eigenvalue weighted by Gasteiger charge is 2.19. The Morgan fingerprint density at radius 2 is 1.97 bits per heavy atom. The molecule has 1 amide bonds. The van der Waals surface area contributed by atoms with E-state index in [1.54, 1.807) is 18.2 Å². The van der Waals surface area contributed by atoms with Crippen LogP contribution >= 0.6 is 35.0 Å². The third kappa shape index (κ3) is 5.47. The van der Waals surface area contributed by atoms with Crippen LogP contribution in [0, 0.1) is 13.8 Å². The van der Waals surface area contributed by atoms with Crippen molar-refractivity contribution in [2.75, 3.05) is 11.1 Å². The molecule has 0 aliphatic carbocycles. The number of ether oxygens (including phenoxy) is 1. The summed E-state index contributed by atoms with van der Waals surface area (Å²) in [5.41, 5.74) is 2.93. The quantitative estimate of drug-likeness (QED) is 0.460. The molecule has 1 heterocycles. The SMILES string of the molecule is Cc1ccc(C)c(NC(=O)CSc2nnc(C(C)Oc3ccc(Cl)cc3Cl)n2C)c1. The third-order valence-electron chi connectivity index (χ3n) is 4.43. The summed E-state index contributed by atoms with van der Waals surface area (Å²) in [5.74, 6) is 1.25. The number of amides is 1. The highest BCUT2D eigenvalue weighted by Crippen LogP contribution is 2.31. The zero-order chi connectivity index (χ0) is 21.8. The number of halogens is 2. The van der Waals surface area contributed by atoms with Crippen molar-refractivity contribution in [2.24, 2.45) is 7.05 Å². The van der Waals surface area contributed by atoms with E-state index in [2.05, 4.69) is 15.5 Å². The van der Waals surface area contributed by atoms with Crippen molar-refractivity contribution in [1.29, 1.82) is 0 Å². The first kappa shape index (κ1) is 22.5. The van der Waals surface area contributed by atoms with E-state index in [9.17, 15) is 4.79 Å². The maximum absolute atomic E-state index is 12.4. The monoisotopic (exact) mass is 464 g/mol. The molecule has 0 fully saturated rings. The Hall–Kier alpha value is -2.22. The predicted octanol–water partition coefficient (Wildman–Crippen LogP) is 5.61. The Morgan fingerprint density at radius 1 is 1.20 bits per heavy atom. The molecule has 3 rings (SSSR count). The molecule has 1 unspecified atom stereocenters.